The van der Waals surface area contributed by atoms with E-state index in [1.807, 2.05) is 6.92 Å². The highest BCUT2D eigenvalue weighted by atomic mass is 32.1. The van der Waals surface area contributed by atoms with Gasteiger partial charge in [-0.1, -0.05) is 12.1 Å². The molecule has 2 amide bonds. The van der Waals surface area contributed by atoms with Crippen LogP contribution in [0, 0.1) is 12.7 Å². The van der Waals surface area contributed by atoms with Crippen molar-refractivity contribution in [3.63, 3.8) is 0 Å². The van der Waals surface area contributed by atoms with Crippen molar-refractivity contribution in [3.8, 4) is 10.6 Å². The van der Waals surface area contributed by atoms with E-state index in [0.717, 1.165) is 10.6 Å². The van der Waals surface area contributed by atoms with E-state index in [-0.39, 0.29) is 17.6 Å². The van der Waals surface area contributed by atoms with Gasteiger partial charge in [0.25, 0.3) is 0 Å². The molecule has 5 nitrogen and oxygen atoms in total. The molecule has 2 heterocycles. The summed E-state index contributed by atoms with van der Waals surface area (Å²) in [5, 5.41) is 6.03. The number of carbonyl (C=O) groups is 2. The number of hydrogen-bond acceptors (Lipinski definition) is 4. The van der Waals surface area contributed by atoms with Crippen molar-refractivity contribution in [2.75, 3.05) is 0 Å². The van der Waals surface area contributed by atoms with Gasteiger partial charge in [-0.25, -0.2) is 9.37 Å². The van der Waals surface area contributed by atoms with E-state index in [0.29, 0.717) is 30.0 Å². The van der Waals surface area contributed by atoms with Crippen LogP contribution >= 0.6 is 11.3 Å². The molecule has 0 spiro atoms. The second-order valence-corrected chi connectivity index (χ2v) is 6.47. The fourth-order valence-electron chi connectivity index (χ4n) is 2.44. The summed E-state index contributed by atoms with van der Waals surface area (Å²) in [6, 6.07) is 6.03. The Morgan fingerprint density at radius 1 is 1.48 bits per heavy atom. The lowest BCUT2D eigenvalue weighted by molar-refractivity contribution is -0.125. The number of halogens is 1. The minimum atomic E-state index is -0.457. The summed E-state index contributed by atoms with van der Waals surface area (Å²) in [4.78, 5) is 28.4. The Bertz CT molecular complexity index is 760. The number of aromatic nitrogens is 1. The third-order valence-electron chi connectivity index (χ3n) is 3.73. The number of aryl methyl sites for hydroxylation is 1. The Kier molecular flexibility index (Phi) is 4.38. The zero-order chi connectivity index (χ0) is 16.4. The van der Waals surface area contributed by atoms with Crippen molar-refractivity contribution in [1.29, 1.82) is 0 Å². The first-order valence-electron chi connectivity index (χ1n) is 7.33. The number of rotatable bonds is 4. The molecule has 2 aromatic rings. The van der Waals surface area contributed by atoms with Crippen molar-refractivity contribution < 1.29 is 14.0 Å². The highest BCUT2D eigenvalue weighted by Gasteiger charge is 2.27. The number of benzene rings is 1. The molecule has 0 unspecified atom stereocenters. The summed E-state index contributed by atoms with van der Waals surface area (Å²) < 4.78 is 13.8. The average Bonchev–Trinajstić information content (AvgIpc) is 3.11. The molecule has 1 aliphatic heterocycles. The molecule has 2 N–H and O–H groups in total. The van der Waals surface area contributed by atoms with Crippen LogP contribution in [0.15, 0.2) is 24.3 Å². The highest BCUT2D eigenvalue weighted by Crippen LogP contribution is 2.29. The molecule has 1 aromatic heterocycles. The zero-order valence-electron chi connectivity index (χ0n) is 12.6. The third-order valence-corrected chi connectivity index (χ3v) is 4.92. The first-order valence-corrected chi connectivity index (χ1v) is 8.14. The van der Waals surface area contributed by atoms with Gasteiger partial charge in [0, 0.05) is 16.9 Å². The number of nitrogens with one attached hydrogen (secondary N) is 2. The Labute approximate surface area is 136 Å². The molecule has 1 aliphatic rings. The van der Waals surface area contributed by atoms with E-state index in [9.17, 15) is 14.0 Å². The van der Waals surface area contributed by atoms with Gasteiger partial charge in [-0.05, 0) is 25.5 Å². The van der Waals surface area contributed by atoms with Gasteiger partial charge >= 0.3 is 0 Å². The molecule has 0 bridgehead atoms. The van der Waals surface area contributed by atoms with Crippen LogP contribution in [0.25, 0.3) is 10.6 Å². The molecule has 7 heteroatoms. The van der Waals surface area contributed by atoms with E-state index in [1.54, 1.807) is 18.2 Å². The predicted octanol–water partition coefficient (Wildman–Crippen LogP) is 2.15. The van der Waals surface area contributed by atoms with Crippen LogP contribution in [-0.2, 0) is 16.1 Å². The number of hydrogen-bond donors (Lipinski definition) is 2. The molecular formula is C16H16FN3O2S. The van der Waals surface area contributed by atoms with Gasteiger partial charge < -0.3 is 10.6 Å². The van der Waals surface area contributed by atoms with E-state index in [4.69, 9.17) is 0 Å². The van der Waals surface area contributed by atoms with E-state index >= 15 is 0 Å². The molecule has 1 saturated heterocycles. The van der Waals surface area contributed by atoms with Crippen LogP contribution in [0.3, 0.4) is 0 Å². The highest BCUT2D eigenvalue weighted by molar-refractivity contribution is 7.15. The first-order chi connectivity index (χ1) is 11.0. The van der Waals surface area contributed by atoms with Crippen LogP contribution < -0.4 is 10.6 Å². The monoisotopic (exact) mass is 333 g/mol. The van der Waals surface area contributed by atoms with Crippen molar-refractivity contribution >= 4 is 23.2 Å². The van der Waals surface area contributed by atoms with Crippen LogP contribution in [0.2, 0.25) is 0 Å². The zero-order valence-corrected chi connectivity index (χ0v) is 13.4. The minimum absolute atomic E-state index is 0.0963. The van der Waals surface area contributed by atoms with Gasteiger partial charge in [0.05, 0.1) is 12.2 Å². The van der Waals surface area contributed by atoms with Crippen LogP contribution in [-0.4, -0.2) is 22.8 Å². The maximum absolute atomic E-state index is 13.8. The molecule has 0 radical (unpaired) electrons. The summed E-state index contributed by atoms with van der Waals surface area (Å²) in [7, 11) is 0. The molecule has 120 valence electrons. The number of nitrogens with zero attached hydrogens (tertiary/aromatic N) is 1. The minimum Gasteiger partial charge on any atom is -0.349 e. The van der Waals surface area contributed by atoms with Crippen LogP contribution in [0.1, 0.15) is 23.4 Å². The van der Waals surface area contributed by atoms with E-state index in [2.05, 4.69) is 15.6 Å². The van der Waals surface area contributed by atoms with Gasteiger partial charge in [-0.3, -0.25) is 9.59 Å². The number of carbonyl (C=O) groups excluding carboxylic acids is 2. The van der Waals surface area contributed by atoms with E-state index < -0.39 is 6.04 Å². The van der Waals surface area contributed by atoms with Gasteiger partial charge in [0.2, 0.25) is 11.8 Å². The summed E-state index contributed by atoms with van der Waals surface area (Å²) in [5.74, 6) is -0.609. The summed E-state index contributed by atoms with van der Waals surface area (Å²) in [5.41, 5.74) is 1.23. The molecule has 0 saturated carbocycles. The van der Waals surface area contributed by atoms with Crippen molar-refractivity contribution in [2.24, 2.45) is 0 Å². The molecule has 1 atom stereocenters. The maximum Gasteiger partial charge on any atom is 0.242 e. The molecule has 23 heavy (non-hydrogen) atoms. The molecular weight excluding hydrogens is 317 g/mol. The van der Waals surface area contributed by atoms with Crippen molar-refractivity contribution in [3.05, 3.63) is 40.7 Å². The summed E-state index contributed by atoms with van der Waals surface area (Å²) in [6.07, 6.45) is 0.905. The second kappa shape index (κ2) is 6.45. The number of thiazole rings is 1. The normalized spacial score (nSPS) is 17.1. The van der Waals surface area contributed by atoms with Crippen LogP contribution in [0.4, 0.5) is 4.39 Å². The Hall–Kier alpha value is -2.28. The SMILES string of the molecule is Cc1nc(-c2ccccc2F)sc1CNC(=O)[C@@H]1CCC(=O)N1. The Balaban J connectivity index is 1.68. The topological polar surface area (TPSA) is 71.1 Å². The van der Waals surface area contributed by atoms with Crippen LogP contribution in [0.5, 0.6) is 0 Å². The Morgan fingerprint density at radius 2 is 2.26 bits per heavy atom. The van der Waals surface area contributed by atoms with Gasteiger partial charge in [0.1, 0.15) is 16.9 Å². The lowest BCUT2D eigenvalue weighted by atomic mass is 10.2. The molecule has 3 rings (SSSR count). The average molecular weight is 333 g/mol. The Morgan fingerprint density at radius 3 is 2.96 bits per heavy atom. The maximum atomic E-state index is 13.8. The van der Waals surface area contributed by atoms with Gasteiger partial charge in [0.15, 0.2) is 0 Å². The molecule has 1 fully saturated rings. The second-order valence-electron chi connectivity index (χ2n) is 5.38. The van der Waals surface area contributed by atoms with Gasteiger partial charge in [-0.2, -0.15) is 0 Å². The summed E-state index contributed by atoms with van der Waals surface area (Å²) >= 11 is 1.36. The fourth-order valence-corrected chi connectivity index (χ4v) is 3.47. The quantitative estimate of drug-likeness (QED) is 0.901. The van der Waals surface area contributed by atoms with Crippen molar-refractivity contribution in [2.45, 2.75) is 32.4 Å². The standard InChI is InChI=1S/C16H16FN3O2S/c1-9-13(8-18-15(22)12-6-7-14(21)20-12)23-16(19-9)10-4-2-3-5-11(10)17/h2-5,12H,6-8H2,1H3,(H,18,22)(H,20,21)/t12-/m0/s1. The van der Waals surface area contributed by atoms with E-state index in [1.165, 1.54) is 17.4 Å². The predicted molar refractivity (Wildman–Crippen MR) is 85.3 cm³/mol. The van der Waals surface area contributed by atoms with Gasteiger partial charge in [-0.15, -0.1) is 11.3 Å². The molecule has 0 aliphatic carbocycles. The smallest absolute Gasteiger partial charge is 0.242 e. The largest absolute Gasteiger partial charge is 0.349 e. The summed E-state index contributed by atoms with van der Waals surface area (Å²) in [6.45, 7) is 2.16. The first kappa shape index (κ1) is 15.6. The fraction of sp³-hybridized carbons (Fsp3) is 0.312. The lowest BCUT2D eigenvalue weighted by Gasteiger charge is -2.10. The molecule has 1 aromatic carbocycles. The lowest BCUT2D eigenvalue weighted by Crippen LogP contribution is -2.41. The van der Waals surface area contributed by atoms with Crippen molar-refractivity contribution in [1.82, 2.24) is 15.6 Å². The number of amides is 2. The third kappa shape index (κ3) is 3.39.